The van der Waals surface area contributed by atoms with Gasteiger partial charge in [-0.05, 0) is 18.9 Å². The van der Waals surface area contributed by atoms with Gasteiger partial charge in [0.2, 0.25) is 10.0 Å². The first-order valence-electron chi connectivity index (χ1n) is 8.66. The van der Waals surface area contributed by atoms with Crippen LogP contribution in [0.3, 0.4) is 0 Å². The van der Waals surface area contributed by atoms with Gasteiger partial charge >= 0.3 is 5.97 Å². The molecule has 2 N–H and O–H groups in total. The lowest BCUT2D eigenvalue weighted by Gasteiger charge is -2.25. The van der Waals surface area contributed by atoms with Gasteiger partial charge in [0.05, 0.1) is 13.2 Å². The number of rotatable bonds is 9. The van der Waals surface area contributed by atoms with E-state index in [-0.39, 0.29) is 23.8 Å². The van der Waals surface area contributed by atoms with E-state index in [1.54, 1.807) is 0 Å². The molecule has 1 saturated heterocycles. The number of aliphatic carboxylic acids is 1. The predicted molar refractivity (Wildman–Crippen MR) is 97.9 cm³/mol. The van der Waals surface area contributed by atoms with Crippen molar-refractivity contribution in [2.24, 2.45) is 7.05 Å². The molecular formula is C17H25N3O6S. The lowest BCUT2D eigenvalue weighted by atomic mass is 10.2. The van der Waals surface area contributed by atoms with Crippen LogP contribution < -0.4 is 5.32 Å². The van der Waals surface area contributed by atoms with Crippen molar-refractivity contribution in [3.8, 4) is 0 Å². The molecule has 0 radical (unpaired) electrons. The molecule has 0 spiro atoms. The summed E-state index contributed by atoms with van der Waals surface area (Å²) in [7, 11) is -2.14. The summed E-state index contributed by atoms with van der Waals surface area (Å²) in [6.45, 7) is 4.31. The molecule has 1 aliphatic rings. The van der Waals surface area contributed by atoms with Crippen LogP contribution in [0.2, 0.25) is 0 Å². The molecule has 10 heteroatoms. The van der Waals surface area contributed by atoms with Crippen LogP contribution in [0.4, 0.5) is 0 Å². The zero-order valence-electron chi connectivity index (χ0n) is 15.3. The van der Waals surface area contributed by atoms with E-state index in [9.17, 15) is 23.1 Å². The Balaban J connectivity index is 2.15. The predicted octanol–water partition coefficient (Wildman–Crippen LogP) is 0.585. The largest absolute Gasteiger partial charge is 0.480 e. The van der Waals surface area contributed by atoms with Crippen LogP contribution in [0.15, 0.2) is 29.8 Å². The Kier molecular flexibility index (Phi) is 7.17. The van der Waals surface area contributed by atoms with Gasteiger partial charge in [-0.15, -0.1) is 6.58 Å². The first kappa shape index (κ1) is 21.1. The van der Waals surface area contributed by atoms with Crippen molar-refractivity contribution in [1.82, 2.24) is 14.2 Å². The minimum Gasteiger partial charge on any atom is -0.480 e. The van der Waals surface area contributed by atoms with E-state index in [1.807, 2.05) is 0 Å². The number of carboxylic acids is 1. The highest BCUT2D eigenvalue weighted by atomic mass is 32.2. The van der Waals surface area contributed by atoms with Crippen LogP contribution in [-0.2, 0) is 26.6 Å². The van der Waals surface area contributed by atoms with E-state index in [4.69, 9.17) is 4.74 Å². The van der Waals surface area contributed by atoms with Gasteiger partial charge in [-0.1, -0.05) is 12.5 Å². The van der Waals surface area contributed by atoms with Crippen molar-refractivity contribution in [2.45, 2.75) is 30.2 Å². The zero-order valence-corrected chi connectivity index (χ0v) is 16.1. The van der Waals surface area contributed by atoms with Crippen LogP contribution in [0.5, 0.6) is 0 Å². The molecule has 27 heavy (non-hydrogen) atoms. The van der Waals surface area contributed by atoms with E-state index >= 15 is 0 Å². The van der Waals surface area contributed by atoms with Gasteiger partial charge in [0.1, 0.15) is 10.6 Å². The number of aromatic nitrogens is 1. The van der Waals surface area contributed by atoms with Crippen molar-refractivity contribution >= 4 is 21.9 Å². The quantitative estimate of drug-likeness (QED) is 0.463. The number of amides is 1. The summed E-state index contributed by atoms with van der Waals surface area (Å²) in [5, 5.41) is 11.6. The molecule has 2 rings (SSSR count). The summed E-state index contributed by atoms with van der Waals surface area (Å²) in [6.07, 6.45) is 5.45. The molecule has 1 aromatic heterocycles. The number of hydrogen-bond donors (Lipinski definition) is 2. The van der Waals surface area contributed by atoms with Crippen molar-refractivity contribution in [1.29, 1.82) is 0 Å². The second-order valence-corrected chi connectivity index (χ2v) is 8.27. The lowest BCUT2D eigenvalue weighted by Crippen LogP contribution is -2.44. The van der Waals surface area contributed by atoms with Crippen LogP contribution in [0.25, 0.3) is 0 Å². The Hall–Kier alpha value is -2.17. The number of ether oxygens (including phenoxy) is 1. The monoisotopic (exact) mass is 399 g/mol. The molecule has 1 aromatic rings. The molecule has 1 amide bonds. The van der Waals surface area contributed by atoms with Crippen molar-refractivity contribution < 1.29 is 27.9 Å². The van der Waals surface area contributed by atoms with Crippen LogP contribution in [0.1, 0.15) is 29.8 Å². The highest BCUT2D eigenvalue weighted by molar-refractivity contribution is 7.89. The second kappa shape index (κ2) is 9.16. The molecular weight excluding hydrogens is 374 g/mol. The zero-order chi connectivity index (χ0) is 20.0. The third kappa shape index (κ3) is 5.18. The number of carbonyl (C=O) groups excluding carboxylic acids is 1. The highest BCUT2D eigenvalue weighted by Crippen LogP contribution is 2.22. The number of hydrogen-bond acceptors (Lipinski definition) is 5. The van der Waals surface area contributed by atoms with Crippen molar-refractivity contribution in [3.63, 3.8) is 0 Å². The van der Waals surface area contributed by atoms with Gasteiger partial charge in [-0.2, -0.15) is 4.31 Å². The Bertz CT molecular complexity index is 796. The molecule has 0 aromatic carbocycles. The smallest absolute Gasteiger partial charge is 0.328 e. The normalized spacial score (nSPS) is 16.6. The van der Waals surface area contributed by atoms with E-state index in [2.05, 4.69) is 11.9 Å². The van der Waals surface area contributed by atoms with Crippen molar-refractivity contribution in [2.75, 3.05) is 26.3 Å². The molecule has 1 unspecified atom stereocenters. The maximum absolute atomic E-state index is 12.7. The number of nitrogens with one attached hydrogen (secondary N) is 1. The Morgan fingerprint density at radius 3 is 2.63 bits per heavy atom. The molecule has 150 valence electrons. The summed E-state index contributed by atoms with van der Waals surface area (Å²) in [5.74, 6) is -1.94. The molecule has 1 atom stereocenters. The summed E-state index contributed by atoms with van der Waals surface area (Å²) in [5.41, 5.74) is 0.0561. The number of carboxylic acid groups (broad SMARTS) is 1. The fraction of sp³-hybridized carbons (Fsp3) is 0.529. The molecule has 0 bridgehead atoms. The summed E-state index contributed by atoms with van der Waals surface area (Å²) >= 11 is 0. The Labute approximate surface area is 158 Å². The van der Waals surface area contributed by atoms with Gasteiger partial charge in [0.25, 0.3) is 5.91 Å². The number of carbonyl (C=O) groups is 2. The Morgan fingerprint density at radius 1 is 1.37 bits per heavy atom. The molecule has 1 aliphatic heterocycles. The van der Waals surface area contributed by atoms with Gasteiger partial charge in [-0.25, -0.2) is 13.2 Å². The average Bonchev–Trinajstić information content (AvgIpc) is 3.04. The molecule has 1 fully saturated rings. The van der Waals surface area contributed by atoms with Gasteiger partial charge in [0.15, 0.2) is 6.04 Å². The first-order chi connectivity index (χ1) is 12.8. The minimum absolute atomic E-state index is 0.0202. The lowest BCUT2D eigenvalue weighted by molar-refractivity contribution is -0.140. The molecule has 0 saturated carbocycles. The van der Waals surface area contributed by atoms with Crippen molar-refractivity contribution in [3.05, 3.63) is 30.6 Å². The van der Waals surface area contributed by atoms with Crippen LogP contribution in [-0.4, -0.2) is 66.6 Å². The first-order valence-corrected chi connectivity index (χ1v) is 10.1. The number of nitrogens with zero attached hydrogens (tertiary/aromatic N) is 2. The van der Waals surface area contributed by atoms with Crippen LogP contribution >= 0.6 is 0 Å². The molecule has 9 nitrogen and oxygen atoms in total. The third-order valence-electron chi connectivity index (χ3n) is 4.29. The summed E-state index contributed by atoms with van der Waals surface area (Å²) in [4.78, 5) is 23.8. The Morgan fingerprint density at radius 2 is 2.04 bits per heavy atom. The molecule has 2 heterocycles. The minimum atomic E-state index is -3.68. The van der Waals surface area contributed by atoms with Gasteiger partial charge in [0, 0.05) is 26.3 Å². The van der Waals surface area contributed by atoms with Crippen LogP contribution in [0, 0.1) is 0 Å². The number of piperidine rings is 1. The topological polar surface area (TPSA) is 118 Å². The maximum atomic E-state index is 12.7. The summed E-state index contributed by atoms with van der Waals surface area (Å²) in [6, 6.07) is 0.0116. The fourth-order valence-corrected chi connectivity index (χ4v) is 4.42. The third-order valence-corrected chi connectivity index (χ3v) is 6.15. The molecule has 0 aliphatic carbocycles. The number of aryl methyl sites for hydroxylation is 1. The maximum Gasteiger partial charge on any atom is 0.328 e. The van der Waals surface area contributed by atoms with E-state index in [0.29, 0.717) is 13.1 Å². The SMILES string of the molecule is C=CCOCC(NC(=O)c1cc(S(=O)(=O)N2CCCCC2)cn1C)C(=O)O. The highest BCUT2D eigenvalue weighted by Gasteiger charge is 2.29. The van der Waals surface area contributed by atoms with Gasteiger partial charge < -0.3 is 19.7 Å². The standard InChI is InChI=1S/C17H25N3O6S/c1-3-9-26-12-14(17(22)23)18-16(21)15-10-13(11-19(15)2)27(24,25)20-7-5-4-6-8-20/h3,10-11,14H,1,4-9,12H2,2H3,(H,18,21)(H,22,23). The van der Waals surface area contributed by atoms with Gasteiger partial charge in [-0.3, -0.25) is 4.79 Å². The van der Waals surface area contributed by atoms with E-state index in [0.717, 1.165) is 19.3 Å². The van der Waals surface area contributed by atoms with E-state index in [1.165, 1.54) is 34.3 Å². The second-order valence-electron chi connectivity index (χ2n) is 6.33. The summed E-state index contributed by atoms with van der Waals surface area (Å²) < 4.78 is 33.3. The average molecular weight is 399 g/mol. The van der Waals surface area contributed by atoms with E-state index < -0.39 is 27.9 Å². The fourth-order valence-electron chi connectivity index (χ4n) is 2.83. The number of sulfonamides is 1.